The molecule has 0 unspecified atom stereocenters. The van der Waals surface area contributed by atoms with Crippen molar-refractivity contribution >= 4 is 11.8 Å². The van der Waals surface area contributed by atoms with Crippen molar-refractivity contribution in [3.8, 4) is 0 Å². The lowest BCUT2D eigenvalue weighted by atomic mass is 9.69. The molecule has 3 atom stereocenters. The monoisotopic (exact) mass is 334 g/mol. The van der Waals surface area contributed by atoms with Crippen molar-refractivity contribution in [1.82, 2.24) is 10.6 Å². The van der Waals surface area contributed by atoms with Crippen molar-refractivity contribution in [2.75, 3.05) is 6.54 Å². The summed E-state index contributed by atoms with van der Waals surface area (Å²) in [4.78, 5) is 23.6. The van der Waals surface area contributed by atoms with Gasteiger partial charge in [0.2, 0.25) is 11.8 Å². The van der Waals surface area contributed by atoms with E-state index >= 15 is 0 Å². The van der Waals surface area contributed by atoms with Crippen LogP contribution in [0.1, 0.15) is 66.2 Å². The summed E-state index contributed by atoms with van der Waals surface area (Å²) >= 11 is 0. The SMILES string of the molecule is CC(=O)NC[C@@H]1C=C(C)[C@H](CC(=O)NC2CCCC2)C[C@H]1C(C)C. The molecule has 0 aliphatic heterocycles. The van der Waals surface area contributed by atoms with E-state index < -0.39 is 0 Å². The van der Waals surface area contributed by atoms with E-state index in [-0.39, 0.29) is 11.8 Å². The fraction of sp³-hybridized carbons (Fsp3) is 0.800. The molecule has 0 saturated heterocycles. The molecule has 0 bridgehead atoms. The van der Waals surface area contributed by atoms with E-state index in [9.17, 15) is 9.59 Å². The number of hydrogen-bond donors (Lipinski definition) is 2. The zero-order valence-electron chi connectivity index (χ0n) is 15.7. The molecule has 2 N–H and O–H groups in total. The minimum atomic E-state index is 0.0293. The van der Waals surface area contributed by atoms with Gasteiger partial charge in [-0.25, -0.2) is 0 Å². The first-order valence-corrected chi connectivity index (χ1v) is 9.59. The number of allylic oxidation sites excluding steroid dienone is 1. The van der Waals surface area contributed by atoms with Gasteiger partial charge in [-0.2, -0.15) is 0 Å². The van der Waals surface area contributed by atoms with Crippen LogP contribution in [-0.4, -0.2) is 24.4 Å². The normalized spacial score (nSPS) is 27.9. The second-order valence-electron chi connectivity index (χ2n) is 8.11. The first-order valence-electron chi connectivity index (χ1n) is 9.59. The van der Waals surface area contributed by atoms with Gasteiger partial charge in [0.25, 0.3) is 0 Å². The molecule has 2 aliphatic carbocycles. The summed E-state index contributed by atoms with van der Waals surface area (Å²) in [6, 6.07) is 0.402. The van der Waals surface area contributed by atoms with E-state index in [0.29, 0.717) is 42.7 Å². The average Bonchev–Trinajstić information content (AvgIpc) is 2.99. The number of carbonyl (C=O) groups is 2. The molecule has 1 saturated carbocycles. The van der Waals surface area contributed by atoms with E-state index in [1.807, 2.05) is 0 Å². The highest BCUT2D eigenvalue weighted by Gasteiger charge is 2.32. The Morgan fingerprint density at radius 2 is 1.92 bits per heavy atom. The largest absolute Gasteiger partial charge is 0.356 e. The second-order valence-corrected chi connectivity index (χ2v) is 8.11. The van der Waals surface area contributed by atoms with Crippen molar-refractivity contribution in [3.05, 3.63) is 11.6 Å². The van der Waals surface area contributed by atoms with Crippen molar-refractivity contribution in [2.45, 2.75) is 72.3 Å². The Labute approximate surface area is 146 Å². The molecule has 2 rings (SSSR count). The minimum absolute atomic E-state index is 0.0293. The molecular weight excluding hydrogens is 300 g/mol. The van der Waals surface area contributed by atoms with Gasteiger partial charge in [-0.1, -0.05) is 38.3 Å². The molecule has 2 aliphatic rings. The fourth-order valence-corrected chi connectivity index (χ4v) is 4.35. The fourth-order valence-electron chi connectivity index (χ4n) is 4.35. The summed E-state index contributed by atoms with van der Waals surface area (Å²) < 4.78 is 0. The summed E-state index contributed by atoms with van der Waals surface area (Å²) in [5, 5.41) is 6.18. The maximum absolute atomic E-state index is 12.4. The molecule has 0 heterocycles. The number of amides is 2. The van der Waals surface area contributed by atoms with Crippen LogP contribution in [0.2, 0.25) is 0 Å². The zero-order valence-corrected chi connectivity index (χ0v) is 15.7. The first kappa shape index (κ1) is 19.0. The standard InChI is InChI=1S/C20H34N2O2/c1-13(2)19-10-16(11-20(24)22-18-7-5-6-8-18)14(3)9-17(19)12-21-15(4)23/h9,13,16-19H,5-8,10-12H2,1-4H3,(H,21,23)(H,22,24)/t16-,17-,19-/m0/s1. The molecule has 0 aromatic rings. The molecule has 4 heteroatoms. The van der Waals surface area contributed by atoms with E-state index in [4.69, 9.17) is 0 Å². The van der Waals surface area contributed by atoms with Crippen molar-refractivity contribution < 1.29 is 9.59 Å². The van der Waals surface area contributed by atoms with Gasteiger partial charge < -0.3 is 10.6 Å². The molecule has 0 radical (unpaired) electrons. The highest BCUT2D eigenvalue weighted by atomic mass is 16.2. The van der Waals surface area contributed by atoms with E-state index in [1.54, 1.807) is 6.92 Å². The van der Waals surface area contributed by atoms with E-state index in [0.717, 1.165) is 19.3 Å². The summed E-state index contributed by atoms with van der Waals surface area (Å²) in [6.45, 7) is 8.91. The van der Waals surface area contributed by atoms with Crippen LogP contribution in [0.3, 0.4) is 0 Å². The van der Waals surface area contributed by atoms with Crippen molar-refractivity contribution in [2.24, 2.45) is 23.7 Å². The van der Waals surface area contributed by atoms with E-state index in [1.165, 1.54) is 18.4 Å². The van der Waals surface area contributed by atoms with Gasteiger partial charge in [0.15, 0.2) is 0 Å². The van der Waals surface area contributed by atoms with Gasteiger partial charge >= 0.3 is 0 Å². The number of carbonyl (C=O) groups excluding carboxylic acids is 2. The Morgan fingerprint density at radius 1 is 1.25 bits per heavy atom. The average molecular weight is 335 g/mol. The summed E-state index contributed by atoms with van der Waals surface area (Å²) in [5.41, 5.74) is 1.31. The molecule has 0 aromatic heterocycles. The molecule has 0 spiro atoms. The van der Waals surface area contributed by atoms with Crippen LogP contribution in [0.15, 0.2) is 11.6 Å². The van der Waals surface area contributed by atoms with Gasteiger partial charge in [-0.15, -0.1) is 0 Å². The third kappa shape index (κ3) is 5.35. The topological polar surface area (TPSA) is 58.2 Å². The van der Waals surface area contributed by atoms with Crippen LogP contribution in [0.4, 0.5) is 0 Å². The molecule has 2 amide bonds. The Kier molecular flexibility index (Phi) is 6.88. The number of hydrogen-bond acceptors (Lipinski definition) is 2. The molecule has 1 fully saturated rings. The quantitative estimate of drug-likeness (QED) is 0.731. The lowest BCUT2D eigenvalue weighted by molar-refractivity contribution is -0.122. The smallest absolute Gasteiger partial charge is 0.220 e. The number of nitrogens with one attached hydrogen (secondary N) is 2. The molecule has 0 aromatic carbocycles. The summed E-state index contributed by atoms with van der Waals surface area (Å²) in [5.74, 6) is 2.03. The third-order valence-electron chi connectivity index (χ3n) is 5.82. The highest BCUT2D eigenvalue weighted by Crippen LogP contribution is 2.38. The summed E-state index contributed by atoms with van der Waals surface area (Å²) in [7, 11) is 0. The van der Waals surface area contributed by atoms with Gasteiger partial charge in [0, 0.05) is 25.9 Å². The van der Waals surface area contributed by atoms with Crippen LogP contribution in [0.5, 0.6) is 0 Å². The predicted molar refractivity (Wildman–Crippen MR) is 97.4 cm³/mol. The molecular formula is C20H34N2O2. The summed E-state index contributed by atoms with van der Waals surface area (Å²) in [6.07, 6.45) is 8.72. The van der Waals surface area contributed by atoms with Gasteiger partial charge in [-0.05, 0) is 49.9 Å². The van der Waals surface area contributed by atoms with Crippen LogP contribution >= 0.6 is 0 Å². The number of rotatable bonds is 6. The van der Waals surface area contributed by atoms with Gasteiger partial charge in [-0.3, -0.25) is 9.59 Å². The van der Waals surface area contributed by atoms with Crippen LogP contribution in [-0.2, 0) is 9.59 Å². The lowest BCUT2D eigenvalue weighted by Crippen LogP contribution is -2.38. The van der Waals surface area contributed by atoms with Gasteiger partial charge in [0.05, 0.1) is 0 Å². The van der Waals surface area contributed by atoms with E-state index in [2.05, 4.69) is 37.5 Å². The lowest BCUT2D eigenvalue weighted by Gasteiger charge is -2.37. The van der Waals surface area contributed by atoms with Crippen LogP contribution < -0.4 is 10.6 Å². The molecule has 24 heavy (non-hydrogen) atoms. The Balaban J connectivity index is 1.96. The Bertz CT molecular complexity index is 478. The minimum Gasteiger partial charge on any atom is -0.356 e. The zero-order chi connectivity index (χ0) is 17.7. The van der Waals surface area contributed by atoms with Crippen molar-refractivity contribution in [3.63, 3.8) is 0 Å². The molecule has 136 valence electrons. The first-order chi connectivity index (χ1) is 11.4. The predicted octanol–water partition coefficient (Wildman–Crippen LogP) is 3.43. The maximum atomic E-state index is 12.4. The molecule has 4 nitrogen and oxygen atoms in total. The van der Waals surface area contributed by atoms with Crippen LogP contribution in [0, 0.1) is 23.7 Å². The highest BCUT2D eigenvalue weighted by molar-refractivity contribution is 5.77. The second kappa shape index (κ2) is 8.68. The van der Waals surface area contributed by atoms with Crippen LogP contribution in [0.25, 0.3) is 0 Å². The maximum Gasteiger partial charge on any atom is 0.220 e. The third-order valence-corrected chi connectivity index (χ3v) is 5.82. The Hall–Kier alpha value is -1.32. The Morgan fingerprint density at radius 3 is 2.50 bits per heavy atom. The van der Waals surface area contributed by atoms with Crippen molar-refractivity contribution in [1.29, 1.82) is 0 Å². The van der Waals surface area contributed by atoms with Gasteiger partial charge in [0.1, 0.15) is 0 Å².